The highest BCUT2D eigenvalue weighted by molar-refractivity contribution is 5.24. The number of ether oxygens (including phenoxy) is 1. The maximum absolute atomic E-state index is 5.33. The fraction of sp³-hybridized carbons (Fsp3) is 0.200. The Kier molecular flexibility index (Phi) is 1.51. The Labute approximate surface area is 66.3 Å². The van der Waals surface area contributed by atoms with Gasteiger partial charge in [0.15, 0.2) is 0 Å². The van der Waals surface area contributed by atoms with Crippen molar-refractivity contribution >= 4 is 0 Å². The second kappa shape index (κ2) is 2.51. The Balaban J connectivity index is 2.14. The van der Waals surface area contributed by atoms with E-state index in [0.29, 0.717) is 0 Å². The molecule has 0 saturated carbocycles. The van der Waals surface area contributed by atoms with Crippen molar-refractivity contribution in [1.29, 1.82) is 0 Å². The highest BCUT2D eigenvalue weighted by atomic mass is 16.6. The van der Waals surface area contributed by atoms with Crippen LogP contribution in [0.2, 0.25) is 0 Å². The van der Waals surface area contributed by atoms with Gasteiger partial charge in [0.25, 0.3) is 0 Å². The van der Waals surface area contributed by atoms with Gasteiger partial charge in [0.1, 0.15) is 12.2 Å². The van der Waals surface area contributed by atoms with Crippen LogP contribution in [0.1, 0.15) is 11.7 Å². The highest BCUT2D eigenvalue weighted by Crippen LogP contribution is 2.38. The molecule has 56 valence electrons. The fourth-order valence-corrected chi connectivity index (χ4v) is 1.21. The summed E-state index contributed by atoms with van der Waals surface area (Å²) in [6.45, 7) is 3.67. The summed E-state index contributed by atoms with van der Waals surface area (Å²) in [5.41, 5.74) is 1.25. The molecule has 1 nitrogen and oxygen atoms in total. The van der Waals surface area contributed by atoms with E-state index in [-0.39, 0.29) is 12.2 Å². The van der Waals surface area contributed by atoms with Crippen LogP contribution in [-0.2, 0) is 4.74 Å². The lowest BCUT2D eigenvalue weighted by molar-refractivity contribution is 0.394. The Morgan fingerprint density at radius 2 is 2.00 bits per heavy atom. The molecule has 1 heteroatoms. The van der Waals surface area contributed by atoms with E-state index in [9.17, 15) is 0 Å². The summed E-state index contributed by atoms with van der Waals surface area (Å²) in [6.07, 6.45) is 2.36. The Morgan fingerprint density at radius 1 is 1.27 bits per heavy atom. The summed E-state index contributed by atoms with van der Waals surface area (Å²) < 4.78 is 5.33. The fourth-order valence-electron chi connectivity index (χ4n) is 1.21. The third-order valence-corrected chi connectivity index (χ3v) is 1.89. The molecule has 1 fully saturated rings. The summed E-state index contributed by atoms with van der Waals surface area (Å²) in [5.74, 6) is 0. The molecule has 1 aliphatic rings. The van der Waals surface area contributed by atoms with Crippen LogP contribution in [-0.4, -0.2) is 6.10 Å². The van der Waals surface area contributed by atoms with Crippen molar-refractivity contribution in [2.45, 2.75) is 12.2 Å². The first-order valence-corrected chi connectivity index (χ1v) is 3.75. The van der Waals surface area contributed by atoms with Gasteiger partial charge in [-0.05, 0) is 5.56 Å². The summed E-state index contributed by atoms with van der Waals surface area (Å²) >= 11 is 0. The van der Waals surface area contributed by atoms with Gasteiger partial charge in [-0.2, -0.15) is 0 Å². The van der Waals surface area contributed by atoms with Crippen LogP contribution in [0.25, 0.3) is 0 Å². The third kappa shape index (κ3) is 1.19. The molecule has 0 bridgehead atoms. The topological polar surface area (TPSA) is 12.5 Å². The lowest BCUT2D eigenvalue weighted by Crippen LogP contribution is -1.81. The van der Waals surface area contributed by atoms with Crippen LogP contribution >= 0.6 is 0 Å². The minimum atomic E-state index is 0.248. The molecule has 2 rings (SSSR count). The SMILES string of the molecule is C=CC1O[C@H]1c1ccccc1. The molecule has 1 aromatic carbocycles. The van der Waals surface area contributed by atoms with Crippen LogP contribution in [0, 0.1) is 0 Å². The van der Waals surface area contributed by atoms with E-state index in [0.717, 1.165) is 0 Å². The van der Waals surface area contributed by atoms with Crippen molar-refractivity contribution in [2.24, 2.45) is 0 Å². The second-order valence-electron chi connectivity index (χ2n) is 2.67. The molecule has 1 heterocycles. The van der Waals surface area contributed by atoms with Crippen LogP contribution in [0.15, 0.2) is 43.0 Å². The van der Waals surface area contributed by atoms with E-state index in [2.05, 4.69) is 18.7 Å². The lowest BCUT2D eigenvalue weighted by Gasteiger charge is -1.91. The smallest absolute Gasteiger partial charge is 0.113 e. The number of benzene rings is 1. The van der Waals surface area contributed by atoms with Crippen LogP contribution in [0.3, 0.4) is 0 Å². The van der Waals surface area contributed by atoms with Gasteiger partial charge in [0.05, 0.1) is 0 Å². The van der Waals surface area contributed by atoms with Gasteiger partial charge in [0.2, 0.25) is 0 Å². The quantitative estimate of drug-likeness (QED) is 0.460. The number of rotatable bonds is 2. The summed E-state index contributed by atoms with van der Waals surface area (Å²) in [4.78, 5) is 0. The molecule has 0 amide bonds. The van der Waals surface area contributed by atoms with E-state index in [4.69, 9.17) is 4.74 Å². The molecule has 1 aliphatic heterocycles. The standard InChI is InChI=1S/C10H10O/c1-2-9-10(11-9)8-6-4-3-5-7-8/h2-7,9-10H,1H2/t9?,10-/m0/s1. The average molecular weight is 146 g/mol. The molecule has 11 heavy (non-hydrogen) atoms. The van der Waals surface area contributed by atoms with Gasteiger partial charge in [-0.3, -0.25) is 0 Å². The van der Waals surface area contributed by atoms with E-state index in [1.54, 1.807) is 0 Å². The molecule has 2 atom stereocenters. The van der Waals surface area contributed by atoms with Crippen molar-refractivity contribution in [2.75, 3.05) is 0 Å². The monoisotopic (exact) mass is 146 g/mol. The van der Waals surface area contributed by atoms with Crippen molar-refractivity contribution in [3.05, 3.63) is 48.6 Å². The molecule has 0 radical (unpaired) electrons. The minimum absolute atomic E-state index is 0.248. The van der Waals surface area contributed by atoms with E-state index in [1.165, 1.54) is 5.56 Å². The first-order valence-electron chi connectivity index (χ1n) is 3.75. The molecular formula is C10H10O. The van der Waals surface area contributed by atoms with Gasteiger partial charge in [-0.15, -0.1) is 6.58 Å². The molecule has 0 aromatic heterocycles. The molecule has 0 N–H and O–H groups in total. The van der Waals surface area contributed by atoms with Gasteiger partial charge >= 0.3 is 0 Å². The molecule has 1 unspecified atom stereocenters. The lowest BCUT2D eigenvalue weighted by atomic mass is 10.1. The highest BCUT2D eigenvalue weighted by Gasteiger charge is 2.36. The van der Waals surface area contributed by atoms with Gasteiger partial charge in [-0.1, -0.05) is 36.4 Å². The van der Waals surface area contributed by atoms with Crippen molar-refractivity contribution in [3.8, 4) is 0 Å². The average Bonchev–Trinajstić information content (AvgIpc) is 2.85. The van der Waals surface area contributed by atoms with Gasteiger partial charge in [0, 0.05) is 0 Å². The van der Waals surface area contributed by atoms with Crippen molar-refractivity contribution in [3.63, 3.8) is 0 Å². The summed E-state index contributed by atoms with van der Waals surface area (Å²) in [6, 6.07) is 10.2. The molecular weight excluding hydrogens is 136 g/mol. The number of hydrogen-bond acceptors (Lipinski definition) is 1. The van der Waals surface area contributed by atoms with Crippen molar-refractivity contribution < 1.29 is 4.74 Å². The molecule has 1 aromatic rings. The van der Waals surface area contributed by atoms with Crippen molar-refractivity contribution in [1.82, 2.24) is 0 Å². The van der Waals surface area contributed by atoms with Crippen LogP contribution in [0.5, 0.6) is 0 Å². The first-order chi connectivity index (χ1) is 5.42. The van der Waals surface area contributed by atoms with Crippen LogP contribution < -0.4 is 0 Å². The summed E-state index contributed by atoms with van der Waals surface area (Å²) in [7, 11) is 0. The first kappa shape index (κ1) is 6.62. The van der Waals surface area contributed by atoms with E-state index < -0.39 is 0 Å². The second-order valence-corrected chi connectivity index (χ2v) is 2.67. The maximum Gasteiger partial charge on any atom is 0.113 e. The normalized spacial score (nSPS) is 28.0. The van der Waals surface area contributed by atoms with E-state index >= 15 is 0 Å². The molecule has 0 spiro atoms. The largest absolute Gasteiger partial charge is 0.360 e. The number of hydrogen-bond donors (Lipinski definition) is 0. The predicted octanol–water partition coefficient (Wildman–Crippen LogP) is 2.31. The van der Waals surface area contributed by atoms with Crippen LogP contribution in [0.4, 0.5) is 0 Å². The summed E-state index contributed by atoms with van der Waals surface area (Å²) in [5, 5.41) is 0. The molecule has 0 aliphatic carbocycles. The number of epoxide rings is 1. The Bertz CT molecular complexity index is 253. The minimum Gasteiger partial charge on any atom is -0.360 e. The Hall–Kier alpha value is -1.08. The zero-order chi connectivity index (χ0) is 7.68. The third-order valence-electron chi connectivity index (χ3n) is 1.89. The van der Waals surface area contributed by atoms with Gasteiger partial charge in [-0.25, -0.2) is 0 Å². The van der Waals surface area contributed by atoms with Gasteiger partial charge < -0.3 is 4.74 Å². The zero-order valence-corrected chi connectivity index (χ0v) is 6.23. The predicted molar refractivity (Wildman–Crippen MR) is 44.3 cm³/mol. The molecule has 1 saturated heterocycles. The Morgan fingerprint density at radius 3 is 2.55 bits per heavy atom. The zero-order valence-electron chi connectivity index (χ0n) is 6.23. The van der Waals surface area contributed by atoms with E-state index in [1.807, 2.05) is 24.3 Å². The maximum atomic E-state index is 5.33.